The lowest BCUT2D eigenvalue weighted by molar-refractivity contribution is -0.133. The van der Waals surface area contributed by atoms with E-state index in [0.717, 1.165) is 0 Å². The van der Waals surface area contributed by atoms with Gasteiger partial charge in [-0.05, 0) is 29.6 Å². The van der Waals surface area contributed by atoms with Crippen LogP contribution in [0.1, 0.15) is 75.7 Å². The van der Waals surface area contributed by atoms with Crippen LogP contribution in [-0.2, 0) is 14.4 Å². The van der Waals surface area contributed by atoms with Crippen molar-refractivity contribution in [3.8, 4) is 0 Å². The predicted molar refractivity (Wildman–Crippen MR) is 118 cm³/mol. The maximum absolute atomic E-state index is 10.3. The van der Waals surface area contributed by atoms with Crippen LogP contribution in [-0.4, -0.2) is 33.2 Å². The molecule has 0 aromatic rings. The van der Waals surface area contributed by atoms with Gasteiger partial charge in [-0.3, -0.25) is 0 Å². The van der Waals surface area contributed by atoms with Crippen LogP contribution in [0.25, 0.3) is 0 Å². The summed E-state index contributed by atoms with van der Waals surface area (Å²) in [6.07, 6.45) is 5.12. The molecule has 0 unspecified atom stereocenters. The molecule has 3 N–H and O–H groups in total. The molecule has 0 aromatic heterocycles. The quantitative estimate of drug-likeness (QED) is 0.503. The van der Waals surface area contributed by atoms with E-state index < -0.39 is 17.9 Å². The second-order valence-electron chi connectivity index (χ2n) is 10.2. The number of hydrogen-bond donors (Lipinski definition) is 3. The fraction of sp³-hybridized carbons (Fsp3) is 0.609. The molecule has 168 valence electrons. The number of carboxylic acid groups (broad SMARTS) is 3. The summed E-state index contributed by atoms with van der Waals surface area (Å²) in [5.74, 6) is -2.62. The highest BCUT2D eigenvalue weighted by Crippen LogP contribution is 2.22. The highest BCUT2D eigenvalue weighted by Gasteiger charge is 2.15. The molecule has 0 heterocycles. The first-order chi connectivity index (χ1) is 12.6. The molecule has 6 nitrogen and oxygen atoms in total. The van der Waals surface area contributed by atoms with E-state index in [2.05, 4.69) is 6.58 Å². The minimum atomic E-state index is -0.894. The smallest absolute Gasteiger partial charge is 0.330 e. The van der Waals surface area contributed by atoms with Gasteiger partial charge in [0.25, 0.3) is 0 Å². The summed E-state index contributed by atoms with van der Waals surface area (Å²) in [5.41, 5.74) is 0.649. The average Bonchev–Trinajstić information content (AvgIpc) is 2.42. The van der Waals surface area contributed by atoms with E-state index in [4.69, 9.17) is 15.3 Å². The van der Waals surface area contributed by atoms with Crippen molar-refractivity contribution in [3.63, 3.8) is 0 Å². The highest BCUT2D eigenvalue weighted by atomic mass is 16.4. The van der Waals surface area contributed by atoms with Gasteiger partial charge < -0.3 is 15.3 Å². The first-order valence-corrected chi connectivity index (χ1v) is 9.33. The van der Waals surface area contributed by atoms with Crippen LogP contribution in [0.2, 0.25) is 0 Å². The van der Waals surface area contributed by atoms with Crippen molar-refractivity contribution in [2.75, 3.05) is 0 Å². The summed E-state index contributed by atoms with van der Waals surface area (Å²) in [6, 6.07) is 0. The Hall–Kier alpha value is -2.37. The van der Waals surface area contributed by atoms with Gasteiger partial charge in [-0.25, -0.2) is 14.4 Å². The fourth-order valence-corrected chi connectivity index (χ4v) is 1.75. The normalized spacial score (nSPS) is 12.3. The van der Waals surface area contributed by atoms with Gasteiger partial charge in [-0.1, -0.05) is 81.0 Å². The van der Waals surface area contributed by atoms with E-state index in [0.29, 0.717) is 12.0 Å². The monoisotopic (exact) mass is 412 g/mol. The lowest BCUT2D eigenvalue weighted by Crippen LogP contribution is -2.10. The van der Waals surface area contributed by atoms with E-state index in [9.17, 15) is 14.4 Å². The van der Waals surface area contributed by atoms with E-state index in [1.54, 1.807) is 19.1 Å². The minimum Gasteiger partial charge on any atom is -0.478 e. The van der Waals surface area contributed by atoms with Crippen molar-refractivity contribution < 1.29 is 29.7 Å². The third kappa shape index (κ3) is 30.6. The molecule has 0 saturated heterocycles. The Bertz CT molecular complexity index is 617. The molecular weight excluding hydrogens is 372 g/mol. The molecule has 0 aromatic carbocycles. The van der Waals surface area contributed by atoms with E-state index in [-0.39, 0.29) is 21.8 Å². The SMILES string of the molecule is C=C(CC(C)(C)C)C(=O)O.CC(=CC(C)(C)C)C(=O)O.CC(C)(C)C=CC(=O)O. The molecule has 0 rings (SSSR count). The summed E-state index contributed by atoms with van der Waals surface area (Å²) in [7, 11) is 0. The Labute approximate surface area is 176 Å². The summed E-state index contributed by atoms with van der Waals surface area (Å²) >= 11 is 0. The van der Waals surface area contributed by atoms with Crippen molar-refractivity contribution >= 4 is 17.9 Å². The van der Waals surface area contributed by atoms with Crippen LogP contribution in [0.15, 0.2) is 36.0 Å². The molecular formula is C23H40O6. The van der Waals surface area contributed by atoms with E-state index in [1.165, 1.54) is 6.08 Å². The van der Waals surface area contributed by atoms with E-state index >= 15 is 0 Å². The zero-order chi connectivity index (χ0) is 24.2. The molecule has 0 saturated carbocycles. The van der Waals surface area contributed by atoms with Gasteiger partial charge in [0.05, 0.1) is 0 Å². The van der Waals surface area contributed by atoms with Crippen LogP contribution in [0, 0.1) is 16.2 Å². The maximum atomic E-state index is 10.3. The summed E-state index contributed by atoms with van der Waals surface area (Å²) in [5, 5.41) is 25.1. The van der Waals surface area contributed by atoms with Crippen LogP contribution in [0.4, 0.5) is 0 Å². The largest absolute Gasteiger partial charge is 0.478 e. The van der Waals surface area contributed by atoms with Crippen molar-refractivity contribution in [1.82, 2.24) is 0 Å². The Kier molecular flexibility index (Phi) is 14.0. The zero-order valence-electron chi connectivity index (χ0n) is 19.7. The number of carboxylic acids is 3. The molecule has 0 bridgehead atoms. The topological polar surface area (TPSA) is 112 Å². The number of rotatable bonds is 4. The molecule has 0 spiro atoms. The van der Waals surface area contributed by atoms with Crippen molar-refractivity contribution in [1.29, 1.82) is 0 Å². The number of allylic oxidation sites excluding steroid dienone is 2. The average molecular weight is 413 g/mol. The maximum Gasteiger partial charge on any atom is 0.330 e. The summed E-state index contributed by atoms with van der Waals surface area (Å²) in [4.78, 5) is 30.5. The van der Waals surface area contributed by atoms with Crippen LogP contribution in [0.3, 0.4) is 0 Å². The van der Waals surface area contributed by atoms with Crippen molar-refractivity contribution in [2.24, 2.45) is 16.2 Å². The first-order valence-electron chi connectivity index (χ1n) is 9.33. The Balaban J connectivity index is -0.000000350. The molecule has 0 aliphatic heterocycles. The van der Waals surface area contributed by atoms with Crippen molar-refractivity contribution in [3.05, 3.63) is 36.0 Å². The third-order valence-electron chi connectivity index (χ3n) is 2.76. The minimum absolute atomic E-state index is 0.0233. The second-order valence-corrected chi connectivity index (χ2v) is 10.2. The lowest BCUT2D eigenvalue weighted by atomic mass is 9.88. The van der Waals surface area contributed by atoms with Gasteiger partial charge >= 0.3 is 17.9 Å². The van der Waals surface area contributed by atoms with E-state index in [1.807, 2.05) is 62.3 Å². The molecule has 0 amide bonds. The number of hydrogen-bond acceptors (Lipinski definition) is 3. The van der Waals surface area contributed by atoms with Gasteiger partial charge in [-0.15, -0.1) is 0 Å². The number of aliphatic carboxylic acids is 3. The van der Waals surface area contributed by atoms with Crippen molar-refractivity contribution in [2.45, 2.75) is 75.7 Å². The Morgan fingerprint density at radius 1 is 0.793 bits per heavy atom. The third-order valence-corrected chi connectivity index (χ3v) is 2.76. The Morgan fingerprint density at radius 3 is 1.31 bits per heavy atom. The fourth-order valence-electron chi connectivity index (χ4n) is 1.75. The molecule has 0 aliphatic carbocycles. The highest BCUT2D eigenvalue weighted by molar-refractivity contribution is 5.86. The van der Waals surface area contributed by atoms with Gasteiger partial charge in [0, 0.05) is 17.2 Å². The molecule has 6 heteroatoms. The number of carbonyl (C=O) groups is 3. The first kappa shape index (κ1) is 31.3. The molecule has 29 heavy (non-hydrogen) atoms. The van der Waals surface area contributed by atoms with Crippen LogP contribution < -0.4 is 0 Å². The van der Waals surface area contributed by atoms with Gasteiger partial charge in [0.15, 0.2) is 0 Å². The van der Waals surface area contributed by atoms with Gasteiger partial charge in [0.2, 0.25) is 0 Å². The molecule has 0 aliphatic rings. The summed E-state index contributed by atoms with van der Waals surface area (Å²) < 4.78 is 0. The summed E-state index contributed by atoms with van der Waals surface area (Å²) in [6.45, 7) is 22.8. The molecule has 0 fully saturated rings. The van der Waals surface area contributed by atoms with Crippen LogP contribution in [0.5, 0.6) is 0 Å². The van der Waals surface area contributed by atoms with Gasteiger partial charge in [-0.2, -0.15) is 0 Å². The molecule has 0 radical (unpaired) electrons. The Morgan fingerprint density at radius 2 is 1.21 bits per heavy atom. The lowest BCUT2D eigenvalue weighted by Gasteiger charge is -2.17. The zero-order valence-corrected chi connectivity index (χ0v) is 19.7. The predicted octanol–water partition coefficient (Wildman–Crippen LogP) is 5.80. The standard InChI is InChI=1S/2C8H14O2.C7H12O2/c2*1-6(7(9)10)5-8(2,3)4;1-7(2,3)5-4-6(8)9/h5H,1-4H3,(H,9,10);1,5H2,2-4H3,(H,9,10);4-5H,1-3H3,(H,8,9). The molecule has 0 atom stereocenters. The second kappa shape index (κ2) is 13.0. The van der Waals surface area contributed by atoms with Crippen LogP contribution >= 0.6 is 0 Å². The van der Waals surface area contributed by atoms with Gasteiger partial charge in [0.1, 0.15) is 0 Å².